The van der Waals surface area contributed by atoms with Crippen molar-refractivity contribution >= 4 is 52.3 Å². The van der Waals surface area contributed by atoms with Crippen LogP contribution >= 0.6 is 11.3 Å². The summed E-state index contributed by atoms with van der Waals surface area (Å²) in [6.45, 7) is 14.4. The Morgan fingerprint density at radius 2 is 1.73 bits per heavy atom. The van der Waals surface area contributed by atoms with Crippen molar-refractivity contribution in [1.29, 1.82) is 5.41 Å². The first kappa shape index (κ1) is 49.0. The van der Waals surface area contributed by atoms with Gasteiger partial charge in [-0.2, -0.15) is 5.10 Å². The number of hydrogen-bond acceptors (Lipinski definition) is 13. The SMILES string of the molecule is CCCNc1nn(C2CCN(CC3CCN(C(=N)/C=C(\O)C(C(=O)N4C[C@H](O)C[C@H]4C(=O)N[C@@H](C)c4ccc(-c5scnc5C)cc4)C(C)C)CC3)CC2)c(/C=C(\N)c2ccccc2O)c1N. The van der Waals surface area contributed by atoms with E-state index in [2.05, 4.69) is 27.4 Å². The zero-order valence-electron chi connectivity index (χ0n) is 39.5. The Hall–Kier alpha value is -5.91. The molecule has 0 spiro atoms. The van der Waals surface area contributed by atoms with Gasteiger partial charge in [-0.05, 0) is 87.1 Å². The fourth-order valence-corrected chi connectivity index (χ4v) is 10.5. The fourth-order valence-electron chi connectivity index (χ4n) is 9.72. The minimum atomic E-state index is -0.985. The Balaban J connectivity index is 0.915. The number of amidine groups is 1. The maximum absolute atomic E-state index is 14.2. The molecule has 0 aliphatic carbocycles. The van der Waals surface area contributed by atoms with E-state index in [-0.39, 0.29) is 54.2 Å². The number of anilines is 2. The highest BCUT2D eigenvalue weighted by molar-refractivity contribution is 7.13. The number of nitrogens with one attached hydrogen (secondary N) is 3. The average Bonchev–Trinajstić information content (AvgIpc) is 4.02. The summed E-state index contributed by atoms with van der Waals surface area (Å²) < 4.78 is 2.00. The van der Waals surface area contributed by atoms with Gasteiger partial charge in [0.2, 0.25) is 11.8 Å². The zero-order chi connectivity index (χ0) is 47.9. The van der Waals surface area contributed by atoms with E-state index >= 15 is 0 Å². The van der Waals surface area contributed by atoms with Gasteiger partial charge in [0.15, 0.2) is 5.82 Å². The van der Waals surface area contributed by atoms with Crippen LogP contribution in [-0.4, -0.2) is 120 Å². The second-order valence-electron chi connectivity index (χ2n) is 18.8. The molecule has 3 aliphatic rings. The van der Waals surface area contributed by atoms with Crippen LogP contribution in [0.1, 0.15) is 101 Å². The van der Waals surface area contributed by atoms with Crippen molar-refractivity contribution in [2.24, 2.45) is 23.5 Å². The van der Waals surface area contributed by atoms with Crippen molar-refractivity contribution < 1.29 is 24.9 Å². The first-order chi connectivity index (χ1) is 32.1. The van der Waals surface area contributed by atoms with E-state index < -0.39 is 24.0 Å². The Kier molecular flexibility index (Phi) is 16.0. The van der Waals surface area contributed by atoms with Gasteiger partial charge in [-0.3, -0.25) is 19.7 Å². The number of aryl methyl sites for hydroxylation is 1. The number of benzene rings is 2. The number of nitrogens with zero attached hydrogens (tertiary/aromatic N) is 6. The van der Waals surface area contributed by atoms with Crippen LogP contribution < -0.4 is 22.1 Å². The maximum Gasteiger partial charge on any atom is 0.243 e. The Morgan fingerprint density at radius 3 is 2.37 bits per heavy atom. The molecule has 5 heterocycles. The number of aliphatic hydroxyl groups excluding tert-OH is 2. The Bertz CT molecular complexity index is 2410. The number of likely N-dealkylation sites (tertiary alicyclic amines) is 3. The van der Waals surface area contributed by atoms with Gasteiger partial charge in [0.1, 0.15) is 29.1 Å². The number of phenolic OH excluding ortho intramolecular Hbond substituents is 1. The van der Waals surface area contributed by atoms with Gasteiger partial charge in [0.25, 0.3) is 0 Å². The Morgan fingerprint density at radius 1 is 1.03 bits per heavy atom. The van der Waals surface area contributed by atoms with Crippen molar-refractivity contribution in [1.82, 2.24) is 34.8 Å². The number of β-amino-alcohol motifs (C(OH)–C–C–N with tert-alkyl or cyclic N) is 1. The molecule has 17 heteroatoms. The number of nitrogen functional groups attached to an aromatic ring is 1. The number of carbonyl (C=O) groups is 2. The van der Waals surface area contributed by atoms with E-state index in [4.69, 9.17) is 22.0 Å². The van der Waals surface area contributed by atoms with E-state index in [0.717, 1.165) is 85.7 Å². The van der Waals surface area contributed by atoms with E-state index in [9.17, 15) is 24.9 Å². The van der Waals surface area contributed by atoms with Crippen LogP contribution in [0.25, 0.3) is 22.2 Å². The predicted octanol–water partition coefficient (Wildman–Crippen LogP) is 6.76. The third-order valence-corrected chi connectivity index (χ3v) is 14.6. The summed E-state index contributed by atoms with van der Waals surface area (Å²) in [5.41, 5.74) is 20.1. The summed E-state index contributed by atoms with van der Waals surface area (Å²) in [4.78, 5) is 39.2. The monoisotopic (exact) mass is 936 g/mol. The van der Waals surface area contributed by atoms with Crippen LogP contribution in [0.4, 0.5) is 11.5 Å². The second kappa shape index (κ2) is 21.8. The highest BCUT2D eigenvalue weighted by Crippen LogP contribution is 2.35. The normalized spacial score (nSPS) is 20.0. The zero-order valence-corrected chi connectivity index (χ0v) is 40.3. The third-order valence-electron chi connectivity index (χ3n) is 13.6. The summed E-state index contributed by atoms with van der Waals surface area (Å²) in [6, 6.07) is 13.8. The fraction of sp³-hybridized carbons (Fsp3) is 0.500. The highest BCUT2D eigenvalue weighted by atomic mass is 32.1. The number of hydrogen-bond donors (Lipinski definition) is 8. The molecule has 67 heavy (non-hydrogen) atoms. The lowest BCUT2D eigenvalue weighted by molar-refractivity contribution is -0.142. The molecule has 10 N–H and O–H groups in total. The molecule has 16 nitrogen and oxygen atoms in total. The number of amides is 2. The number of nitrogens with two attached hydrogens (primary N) is 2. The molecule has 2 aromatic carbocycles. The lowest BCUT2D eigenvalue weighted by Crippen LogP contribution is -2.49. The topological polar surface area (TPSA) is 235 Å². The van der Waals surface area contributed by atoms with E-state index in [0.29, 0.717) is 41.8 Å². The molecule has 3 saturated heterocycles. The molecule has 0 saturated carbocycles. The molecule has 360 valence electrons. The highest BCUT2D eigenvalue weighted by Gasteiger charge is 2.43. The van der Waals surface area contributed by atoms with E-state index in [1.807, 2.05) is 79.2 Å². The minimum absolute atomic E-state index is 0.0168. The number of thiazole rings is 1. The summed E-state index contributed by atoms with van der Waals surface area (Å²) in [6.07, 6.45) is 6.90. The number of aromatic nitrogens is 3. The summed E-state index contributed by atoms with van der Waals surface area (Å²) >= 11 is 1.58. The molecule has 4 atom stereocenters. The van der Waals surface area contributed by atoms with Gasteiger partial charge < -0.3 is 52.1 Å². The van der Waals surface area contributed by atoms with Gasteiger partial charge in [-0.1, -0.05) is 57.2 Å². The number of piperidine rings is 2. The van der Waals surface area contributed by atoms with Crippen LogP contribution in [0.3, 0.4) is 0 Å². The predicted molar refractivity (Wildman–Crippen MR) is 266 cm³/mol. The number of carbonyl (C=O) groups excluding carboxylic acids is 2. The number of para-hydroxylation sites is 1. The van der Waals surface area contributed by atoms with Gasteiger partial charge >= 0.3 is 0 Å². The number of phenols is 1. The lowest BCUT2D eigenvalue weighted by Gasteiger charge is -2.38. The van der Waals surface area contributed by atoms with Crippen molar-refractivity contribution in [2.75, 3.05) is 56.9 Å². The number of aliphatic hydroxyl groups is 2. The Labute approximate surface area is 398 Å². The van der Waals surface area contributed by atoms with Gasteiger partial charge in [-0.15, -0.1) is 11.3 Å². The number of aromatic hydroxyl groups is 1. The van der Waals surface area contributed by atoms with E-state index in [1.165, 1.54) is 11.0 Å². The molecule has 0 radical (unpaired) electrons. The number of rotatable bonds is 16. The minimum Gasteiger partial charge on any atom is -0.511 e. The first-order valence-corrected chi connectivity index (χ1v) is 24.6. The molecule has 7 rings (SSSR count). The molecule has 0 bridgehead atoms. The summed E-state index contributed by atoms with van der Waals surface area (Å²) in [5, 5.41) is 52.9. The molecule has 3 fully saturated rings. The van der Waals surface area contributed by atoms with Gasteiger partial charge in [0, 0.05) is 69.6 Å². The van der Waals surface area contributed by atoms with Crippen LogP contribution in [0.5, 0.6) is 5.75 Å². The van der Waals surface area contributed by atoms with Crippen LogP contribution in [-0.2, 0) is 9.59 Å². The van der Waals surface area contributed by atoms with Crippen molar-refractivity contribution in [3.8, 4) is 16.2 Å². The molecule has 2 amide bonds. The lowest BCUT2D eigenvalue weighted by atomic mass is 9.91. The molecule has 3 aliphatic heterocycles. The molecule has 2 aromatic heterocycles. The third kappa shape index (κ3) is 11.4. The second-order valence-corrected chi connectivity index (χ2v) is 19.6. The molecular formula is C50H69N11O5S. The van der Waals surface area contributed by atoms with E-state index in [1.54, 1.807) is 29.5 Å². The first-order valence-electron chi connectivity index (χ1n) is 23.8. The summed E-state index contributed by atoms with van der Waals surface area (Å²) in [5.74, 6) is -0.999. The van der Waals surface area contributed by atoms with Crippen LogP contribution in [0, 0.1) is 30.1 Å². The quantitative estimate of drug-likeness (QED) is 0.0331. The van der Waals surface area contributed by atoms with Crippen molar-refractivity contribution in [3.05, 3.63) is 88.4 Å². The maximum atomic E-state index is 14.2. The molecule has 4 aromatic rings. The van der Waals surface area contributed by atoms with Gasteiger partial charge in [-0.25, -0.2) is 4.98 Å². The average molecular weight is 936 g/mol. The van der Waals surface area contributed by atoms with Crippen LogP contribution in [0.15, 0.2) is 65.9 Å². The molecule has 1 unspecified atom stereocenters. The van der Waals surface area contributed by atoms with Crippen molar-refractivity contribution in [3.63, 3.8) is 0 Å². The largest absolute Gasteiger partial charge is 0.511 e. The van der Waals surface area contributed by atoms with Crippen molar-refractivity contribution in [2.45, 2.75) is 97.4 Å². The smallest absolute Gasteiger partial charge is 0.243 e. The van der Waals surface area contributed by atoms with Gasteiger partial charge in [0.05, 0.1) is 45.9 Å². The van der Waals surface area contributed by atoms with Crippen LogP contribution in [0.2, 0.25) is 0 Å². The summed E-state index contributed by atoms with van der Waals surface area (Å²) in [7, 11) is 0. The molecular weight excluding hydrogens is 867 g/mol. The standard InChI is InChI=1S/C50H69N11O5S/c1-6-19-54-48-46(53)40(25-39(51)38-9-7-8-10-42(38)63)61(57-48)36-17-20-58(21-18-36)27-33-15-22-59(23-16-33)44(52)26-43(64)45(30(2)3)50(66)60-28-37(62)24-41(60)49(65)56-31(4)34-11-13-35(14-12-34)47-32(5)55-29-67-47/h7-14,25-26,29-31,33,36-37,41,45,52,62-64H,6,15-24,27-28,51,53H2,1-5H3,(H,54,57)(H,56,65)/b39-25-,43-26-,52-44?/t31-,37+,41-,45?/m0/s1.